The van der Waals surface area contributed by atoms with Crippen molar-refractivity contribution < 1.29 is 14.6 Å². The van der Waals surface area contributed by atoms with Crippen molar-refractivity contribution in [2.24, 2.45) is 0 Å². The van der Waals surface area contributed by atoms with E-state index in [1.165, 1.54) is 0 Å². The van der Waals surface area contributed by atoms with Gasteiger partial charge in [-0.05, 0) is 32.0 Å². The van der Waals surface area contributed by atoms with Crippen LogP contribution in [0.15, 0.2) is 22.7 Å². The van der Waals surface area contributed by atoms with Gasteiger partial charge in [0, 0.05) is 10.0 Å². The lowest BCUT2D eigenvalue weighted by Gasteiger charge is -2.13. The third-order valence-electron chi connectivity index (χ3n) is 1.73. The number of carboxylic acid groups (broad SMARTS) is 1. The number of halogens is 1. The van der Waals surface area contributed by atoms with Crippen molar-refractivity contribution in [2.75, 3.05) is 0 Å². The van der Waals surface area contributed by atoms with Gasteiger partial charge in [0.15, 0.2) is 0 Å². The van der Waals surface area contributed by atoms with Gasteiger partial charge in [0.05, 0.1) is 12.5 Å². The Bertz CT molecular complexity index is 361. The average Bonchev–Trinajstić information content (AvgIpc) is 2.08. The van der Waals surface area contributed by atoms with E-state index in [-0.39, 0.29) is 12.5 Å². The second kappa shape index (κ2) is 5.16. The van der Waals surface area contributed by atoms with Crippen LogP contribution in [0.2, 0.25) is 0 Å². The summed E-state index contributed by atoms with van der Waals surface area (Å²) in [6.07, 6.45) is 0.0142. The number of carboxylic acids is 1. The number of ether oxygens (including phenoxy) is 1. The molecule has 0 aliphatic heterocycles. The van der Waals surface area contributed by atoms with E-state index >= 15 is 0 Å². The summed E-state index contributed by atoms with van der Waals surface area (Å²) in [7, 11) is 0. The monoisotopic (exact) mass is 272 g/mol. The van der Waals surface area contributed by atoms with Crippen LogP contribution < -0.4 is 4.74 Å². The molecule has 0 amide bonds. The molecule has 0 aromatic heterocycles. The van der Waals surface area contributed by atoms with Crippen LogP contribution in [0.5, 0.6) is 5.75 Å². The van der Waals surface area contributed by atoms with E-state index in [1.807, 2.05) is 19.9 Å². The van der Waals surface area contributed by atoms with Gasteiger partial charge in [0.1, 0.15) is 5.75 Å². The van der Waals surface area contributed by atoms with Crippen molar-refractivity contribution >= 4 is 21.9 Å². The van der Waals surface area contributed by atoms with Crippen molar-refractivity contribution in [2.45, 2.75) is 26.4 Å². The van der Waals surface area contributed by atoms with Gasteiger partial charge in [-0.15, -0.1) is 0 Å². The summed E-state index contributed by atoms with van der Waals surface area (Å²) >= 11 is 3.30. The fourth-order valence-electron chi connectivity index (χ4n) is 1.22. The molecule has 0 heterocycles. The highest BCUT2D eigenvalue weighted by molar-refractivity contribution is 9.10. The first-order valence-electron chi connectivity index (χ1n) is 4.66. The van der Waals surface area contributed by atoms with Gasteiger partial charge < -0.3 is 9.84 Å². The number of hydrogen-bond donors (Lipinski definition) is 1. The minimum Gasteiger partial charge on any atom is -0.491 e. The van der Waals surface area contributed by atoms with Crippen LogP contribution in [0.25, 0.3) is 0 Å². The fourth-order valence-corrected chi connectivity index (χ4v) is 1.63. The Labute approximate surface area is 97.2 Å². The first-order valence-corrected chi connectivity index (χ1v) is 5.45. The molecule has 0 bridgehead atoms. The molecule has 0 unspecified atom stereocenters. The maximum Gasteiger partial charge on any atom is 0.307 e. The minimum absolute atomic E-state index is 0.0263. The SMILES string of the molecule is CC(C)Oc1ccc(Br)cc1CC(=O)O. The Morgan fingerprint density at radius 2 is 2.20 bits per heavy atom. The van der Waals surface area contributed by atoms with E-state index in [2.05, 4.69) is 15.9 Å². The highest BCUT2D eigenvalue weighted by Crippen LogP contribution is 2.24. The molecule has 0 saturated carbocycles. The molecule has 0 atom stereocenters. The van der Waals surface area contributed by atoms with Crippen molar-refractivity contribution in [3.8, 4) is 5.75 Å². The molecular weight excluding hydrogens is 260 g/mol. The molecule has 1 aromatic carbocycles. The van der Waals surface area contributed by atoms with E-state index in [0.29, 0.717) is 11.3 Å². The molecule has 1 aromatic rings. The fraction of sp³-hybridized carbons (Fsp3) is 0.364. The predicted molar refractivity (Wildman–Crippen MR) is 61.2 cm³/mol. The number of carbonyl (C=O) groups is 1. The Kier molecular flexibility index (Phi) is 4.15. The number of hydrogen-bond acceptors (Lipinski definition) is 2. The molecule has 82 valence electrons. The highest BCUT2D eigenvalue weighted by atomic mass is 79.9. The second-order valence-electron chi connectivity index (χ2n) is 3.49. The Hall–Kier alpha value is -1.03. The Morgan fingerprint density at radius 1 is 1.53 bits per heavy atom. The lowest BCUT2D eigenvalue weighted by molar-refractivity contribution is -0.136. The number of aliphatic carboxylic acids is 1. The van der Waals surface area contributed by atoms with Gasteiger partial charge in [-0.1, -0.05) is 15.9 Å². The normalized spacial score (nSPS) is 10.4. The van der Waals surface area contributed by atoms with Crippen LogP contribution in [-0.4, -0.2) is 17.2 Å². The molecule has 15 heavy (non-hydrogen) atoms. The maximum absolute atomic E-state index is 10.6. The molecule has 0 aliphatic carbocycles. The van der Waals surface area contributed by atoms with Gasteiger partial charge in [-0.3, -0.25) is 4.79 Å². The van der Waals surface area contributed by atoms with E-state index in [0.717, 1.165) is 4.47 Å². The van der Waals surface area contributed by atoms with Crippen LogP contribution in [0.1, 0.15) is 19.4 Å². The predicted octanol–water partition coefficient (Wildman–Crippen LogP) is 2.86. The summed E-state index contributed by atoms with van der Waals surface area (Å²) in [4.78, 5) is 10.6. The van der Waals surface area contributed by atoms with E-state index < -0.39 is 5.97 Å². The largest absolute Gasteiger partial charge is 0.491 e. The van der Waals surface area contributed by atoms with Crippen LogP contribution in [0.3, 0.4) is 0 Å². The number of rotatable bonds is 4. The van der Waals surface area contributed by atoms with Crippen molar-refractivity contribution in [1.82, 2.24) is 0 Å². The van der Waals surface area contributed by atoms with Crippen molar-refractivity contribution in [3.63, 3.8) is 0 Å². The Morgan fingerprint density at radius 3 is 2.73 bits per heavy atom. The molecule has 0 spiro atoms. The third kappa shape index (κ3) is 3.91. The van der Waals surface area contributed by atoms with Gasteiger partial charge in [-0.25, -0.2) is 0 Å². The quantitative estimate of drug-likeness (QED) is 0.917. The zero-order valence-corrected chi connectivity index (χ0v) is 10.2. The Balaban J connectivity index is 2.97. The van der Waals surface area contributed by atoms with E-state index in [1.54, 1.807) is 12.1 Å². The first kappa shape index (κ1) is 12.0. The minimum atomic E-state index is -0.860. The summed E-state index contributed by atoms with van der Waals surface area (Å²) in [5, 5.41) is 8.75. The van der Waals surface area contributed by atoms with Crippen LogP contribution in [0, 0.1) is 0 Å². The van der Waals surface area contributed by atoms with E-state index in [4.69, 9.17) is 9.84 Å². The van der Waals surface area contributed by atoms with Gasteiger partial charge in [-0.2, -0.15) is 0 Å². The first-order chi connectivity index (χ1) is 6.99. The zero-order valence-electron chi connectivity index (χ0n) is 8.66. The zero-order chi connectivity index (χ0) is 11.4. The van der Waals surface area contributed by atoms with Gasteiger partial charge >= 0.3 is 5.97 Å². The summed E-state index contributed by atoms with van der Waals surface area (Å²) in [6, 6.07) is 5.39. The molecule has 1 N–H and O–H groups in total. The number of benzene rings is 1. The second-order valence-corrected chi connectivity index (χ2v) is 4.40. The van der Waals surface area contributed by atoms with Crippen molar-refractivity contribution in [3.05, 3.63) is 28.2 Å². The molecule has 0 fully saturated rings. The topological polar surface area (TPSA) is 46.5 Å². The maximum atomic E-state index is 10.6. The van der Waals surface area contributed by atoms with E-state index in [9.17, 15) is 4.79 Å². The lowest BCUT2D eigenvalue weighted by atomic mass is 10.1. The molecule has 4 heteroatoms. The van der Waals surface area contributed by atoms with Gasteiger partial charge in [0.25, 0.3) is 0 Å². The summed E-state index contributed by atoms with van der Waals surface area (Å²) in [5.74, 6) is -0.225. The highest BCUT2D eigenvalue weighted by Gasteiger charge is 2.09. The van der Waals surface area contributed by atoms with Crippen LogP contribution >= 0.6 is 15.9 Å². The third-order valence-corrected chi connectivity index (χ3v) is 2.22. The molecule has 0 saturated heterocycles. The molecule has 1 rings (SSSR count). The lowest BCUT2D eigenvalue weighted by Crippen LogP contribution is -2.09. The van der Waals surface area contributed by atoms with Crippen LogP contribution in [-0.2, 0) is 11.2 Å². The summed E-state index contributed by atoms with van der Waals surface area (Å²) in [6.45, 7) is 3.82. The smallest absolute Gasteiger partial charge is 0.307 e. The molecule has 0 aliphatic rings. The standard InChI is InChI=1S/C11H13BrO3/c1-7(2)15-10-4-3-9(12)5-8(10)6-11(13)14/h3-5,7H,6H2,1-2H3,(H,13,14). The van der Waals surface area contributed by atoms with Crippen molar-refractivity contribution in [1.29, 1.82) is 0 Å². The van der Waals surface area contributed by atoms with Gasteiger partial charge in [0.2, 0.25) is 0 Å². The summed E-state index contributed by atoms with van der Waals surface area (Å²) in [5.41, 5.74) is 0.686. The molecular formula is C11H13BrO3. The average molecular weight is 273 g/mol. The molecule has 0 radical (unpaired) electrons. The molecule has 3 nitrogen and oxygen atoms in total. The summed E-state index contributed by atoms with van der Waals surface area (Å²) < 4.78 is 6.37. The van der Waals surface area contributed by atoms with Crippen LogP contribution in [0.4, 0.5) is 0 Å².